The standard InChI is InChI=1S/2C18H24BrN/c2*1-20-9-8-15-13(11-20)4-7-17-16(15)6-3-12-2-5-14(19)10-18(12)17/h2*2,5,10,13,15-17H,3-4,6-9,11H2,1H3/t2*13-,15-,16+,17-/m11/s1. The Morgan fingerprint density at radius 1 is 0.550 bits per heavy atom. The largest absolute Gasteiger partial charge is 0.306 e. The van der Waals surface area contributed by atoms with Gasteiger partial charge in [0.1, 0.15) is 0 Å². The number of nitrogens with zero attached hydrogens (tertiary/aromatic N) is 2. The lowest BCUT2D eigenvalue weighted by atomic mass is 9.58. The average molecular weight is 669 g/mol. The van der Waals surface area contributed by atoms with Crippen molar-refractivity contribution in [3.63, 3.8) is 0 Å². The van der Waals surface area contributed by atoms with E-state index < -0.39 is 0 Å². The first-order valence-electron chi connectivity index (χ1n) is 16.4. The maximum Gasteiger partial charge on any atom is 0.0178 e. The van der Waals surface area contributed by atoms with Gasteiger partial charge >= 0.3 is 0 Å². The SMILES string of the molecule is CN1CC[C@@H]2[C@H](CC[C@H]3c4cc(Br)ccc4CC[C@@H]23)C1.CN1CC[C@@H]2[C@H](CC[C@H]3c4cc(Br)ccc4CC[C@@H]23)C1. The van der Waals surface area contributed by atoms with Gasteiger partial charge in [-0.15, -0.1) is 0 Å². The molecular weight excluding hydrogens is 620 g/mol. The maximum absolute atomic E-state index is 3.68. The van der Waals surface area contributed by atoms with Crippen LogP contribution in [0.25, 0.3) is 0 Å². The number of halogens is 2. The molecule has 0 unspecified atom stereocenters. The molecule has 2 aromatic carbocycles. The van der Waals surface area contributed by atoms with Gasteiger partial charge in [0, 0.05) is 22.0 Å². The predicted molar refractivity (Wildman–Crippen MR) is 174 cm³/mol. The Kier molecular flexibility index (Phi) is 8.28. The van der Waals surface area contributed by atoms with Gasteiger partial charge < -0.3 is 9.80 Å². The summed E-state index contributed by atoms with van der Waals surface area (Å²) in [6, 6.07) is 14.0. The van der Waals surface area contributed by atoms with E-state index in [2.05, 4.69) is 92.2 Å². The van der Waals surface area contributed by atoms with Gasteiger partial charge in [-0.3, -0.25) is 0 Å². The van der Waals surface area contributed by atoms with Crippen LogP contribution in [-0.4, -0.2) is 50.1 Å². The van der Waals surface area contributed by atoms with Gasteiger partial charge in [0.2, 0.25) is 0 Å². The number of rotatable bonds is 0. The number of benzene rings is 2. The highest BCUT2D eigenvalue weighted by atomic mass is 79.9. The first-order chi connectivity index (χ1) is 19.4. The number of hydrogen-bond donors (Lipinski definition) is 0. The van der Waals surface area contributed by atoms with E-state index in [9.17, 15) is 0 Å². The van der Waals surface area contributed by atoms with Crippen molar-refractivity contribution in [2.24, 2.45) is 35.5 Å². The third kappa shape index (κ3) is 5.42. The van der Waals surface area contributed by atoms with Gasteiger partial charge in [0.05, 0.1) is 0 Å². The Hall–Kier alpha value is -0.680. The van der Waals surface area contributed by atoms with Crippen molar-refractivity contribution in [2.45, 2.75) is 76.0 Å². The number of aryl methyl sites for hydroxylation is 2. The monoisotopic (exact) mass is 666 g/mol. The van der Waals surface area contributed by atoms with E-state index in [-0.39, 0.29) is 0 Å². The topological polar surface area (TPSA) is 6.48 Å². The van der Waals surface area contributed by atoms with Crippen molar-refractivity contribution in [3.05, 3.63) is 67.6 Å². The van der Waals surface area contributed by atoms with Crippen molar-refractivity contribution in [3.8, 4) is 0 Å². The van der Waals surface area contributed by atoms with Gasteiger partial charge in [-0.1, -0.05) is 44.0 Å². The maximum atomic E-state index is 3.68. The van der Waals surface area contributed by atoms with Gasteiger partial charge in [0.25, 0.3) is 0 Å². The zero-order chi connectivity index (χ0) is 27.4. The number of hydrogen-bond acceptors (Lipinski definition) is 2. The Morgan fingerprint density at radius 2 is 1.00 bits per heavy atom. The third-order valence-electron chi connectivity index (χ3n) is 12.3. The first kappa shape index (κ1) is 28.1. The summed E-state index contributed by atoms with van der Waals surface area (Å²) >= 11 is 7.35. The van der Waals surface area contributed by atoms with E-state index in [0.29, 0.717) is 0 Å². The molecule has 8 rings (SSSR count). The van der Waals surface area contributed by atoms with Crippen LogP contribution in [-0.2, 0) is 12.8 Å². The zero-order valence-corrected chi connectivity index (χ0v) is 27.8. The van der Waals surface area contributed by atoms with Crippen LogP contribution in [0.15, 0.2) is 45.3 Å². The number of piperidine rings is 2. The minimum Gasteiger partial charge on any atom is -0.306 e. The van der Waals surface area contributed by atoms with Crippen LogP contribution in [0.1, 0.15) is 85.5 Å². The summed E-state index contributed by atoms with van der Waals surface area (Å²) in [5.74, 6) is 7.57. The fourth-order valence-corrected chi connectivity index (χ4v) is 11.3. The van der Waals surface area contributed by atoms with Gasteiger partial charge in [-0.25, -0.2) is 0 Å². The Labute approximate surface area is 259 Å². The summed E-state index contributed by atoms with van der Waals surface area (Å²) in [6.07, 6.45) is 14.1. The van der Waals surface area contributed by atoms with Crippen molar-refractivity contribution in [1.29, 1.82) is 0 Å². The molecule has 2 aromatic rings. The van der Waals surface area contributed by atoms with E-state index in [1.807, 2.05) is 0 Å². The van der Waals surface area contributed by atoms with Crippen LogP contribution >= 0.6 is 31.9 Å². The highest BCUT2D eigenvalue weighted by Crippen LogP contribution is 2.53. The minimum atomic E-state index is 0.848. The molecule has 2 nitrogen and oxygen atoms in total. The van der Waals surface area contributed by atoms with Crippen LogP contribution < -0.4 is 0 Å². The van der Waals surface area contributed by atoms with Gasteiger partial charge in [0.15, 0.2) is 0 Å². The average Bonchev–Trinajstić information content (AvgIpc) is 2.96. The molecule has 0 spiro atoms. The molecule has 8 atom stereocenters. The number of likely N-dealkylation sites (tertiary alicyclic amines) is 2. The molecular formula is C36H48Br2N2. The quantitative estimate of drug-likeness (QED) is 0.277. The Balaban J connectivity index is 0.000000132. The Morgan fingerprint density at radius 3 is 1.45 bits per heavy atom. The fraction of sp³-hybridized carbons (Fsp3) is 0.667. The molecule has 0 bridgehead atoms. The molecule has 0 radical (unpaired) electrons. The van der Waals surface area contributed by atoms with Crippen molar-refractivity contribution < 1.29 is 0 Å². The summed E-state index contributed by atoms with van der Waals surface area (Å²) in [5, 5.41) is 0. The summed E-state index contributed by atoms with van der Waals surface area (Å²) in [6.45, 7) is 5.32. The summed E-state index contributed by atoms with van der Waals surface area (Å²) in [7, 11) is 4.60. The zero-order valence-electron chi connectivity index (χ0n) is 24.6. The second-order valence-electron chi connectivity index (χ2n) is 14.4. The van der Waals surface area contributed by atoms with Crippen molar-refractivity contribution in [1.82, 2.24) is 9.80 Å². The van der Waals surface area contributed by atoms with E-state index >= 15 is 0 Å². The molecule has 4 aliphatic carbocycles. The smallest absolute Gasteiger partial charge is 0.0178 e. The molecule has 0 N–H and O–H groups in total. The normalized spacial score (nSPS) is 36.9. The summed E-state index contributed by atoms with van der Waals surface area (Å²) in [4.78, 5) is 5.10. The minimum absolute atomic E-state index is 0.848. The molecule has 0 aromatic heterocycles. The van der Waals surface area contributed by atoms with Gasteiger partial charge in [-0.2, -0.15) is 0 Å². The molecule has 2 saturated carbocycles. The molecule has 2 aliphatic heterocycles. The molecule has 2 saturated heterocycles. The fourth-order valence-electron chi connectivity index (χ4n) is 10.5. The van der Waals surface area contributed by atoms with Crippen LogP contribution in [0.4, 0.5) is 0 Å². The second-order valence-corrected chi connectivity index (χ2v) is 16.2. The highest BCUT2D eigenvalue weighted by Gasteiger charge is 2.45. The van der Waals surface area contributed by atoms with Gasteiger partial charge in [-0.05, 0) is 185 Å². The van der Waals surface area contributed by atoms with Crippen LogP contribution in [0.2, 0.25) is 0 Å². The molecule has 4 fully saturated rings. The highest BCUT2D eigenvalue weighted by molar-refractivity contribution is 9.10. The summed E-state index contributed by atoms with van der Waals surface area (Å²) < 4.78 is 2.53. The molecule has 4 heteroatoms. The molecule has 40 heavy (non-hydrogen) atoms. The molecule has 0 amide bonds. The lowest BCUT2D eigenvalue weighted by molar-refractivity contribution is 0.0385. The predicted octanol–water partition coefficient (Wildman–Crippen LogP) is 8.91. The lowest BCUT2D eigenvalue weighted by Crippen LogP contribution is -2.46. The van der Waals surface area contributed by atoms with Crippen molar-refractivity contribution in [2.75, 3.05) is 40.3 Å². The van der Waals surface area contributed by atoms with Crippen molar-refractivity contribution >= 4 is 31.9 Å². The first-order valence-corrected chi connectivity index (χ1v) is 18.0. The molecule has 2 heterocycles. The van der Waals surface area contributed by atoms with Crippen LogP contribution in [0, 0.1) is 35.5 Å². The Bertz CT molecular complexity index is 1120. The second kappa shape index (κ2) is 11.8. The van der Waals surface area contributed by atoms with E-state index in [1.165, 1.54) is 99.3 Å². The number of fused-ring (bicyclic) bond motifs is 10. The van der Waals surface area contributed by atoms with E-state index in [1.54, 1.807) is 22.3 Å². The lowest BCUT2D eigenvalue weighted by Gasteiger charge is -2.50. The molecule has 216 valence electrons. The summed E-state index contributed by atoms with van der Waals surface area (Å²) in [5.41, 5.74) is 6.60. The van der Waals surface area contributed by atoms with E-state index in [4.69, 9.17) is 0 Å². The van der Waals surface area contributed by atoms with Crippen LogP contribution in [0.5, 0.6) is 0 Å². The van der Waals surface area contributed by atoms with E-state index in [0.717, 1.165) is 47.3 Å². The third-order valence-corrected chi connectivity index (χ3v) is 13.3. The molecule has 6 aliphatic rings. The van der Waals surface area contributed by atoms with Crippen LogP contribution in [0.3, 0.4) is 0 Å².